The maximum absolute atomic E-state index is 12.4. The van der Waals surface area contributed by atoms with E-state index in [0.29, 0.717) is 32.6 Å². The lowest BCUT2D eigenvalue weighted by Crippen LogP contribution is -2.50. The van der Waals surface area contributed by atoms with Crippen molar-refractivity contribution in [3.05, 3.63) is 22.4 Å². The number of hydrogen-bond acceptors (Lipinski definition) is 3. The highest BCUT2D eigenvalue weighted by Gasteiger charge is 2.25. The van der Waals surface area contributed by atoms with E-state index in [4.69, 9.17) is 0 Å². The molecule has 0 radical (unpaired) electrons. The molecule has 1 aromatic rings. The van der Waals surface area contributed by atoms with Crippen molar-refractivity contribution < 1.29 is 9.59 Å². The zero-order chi connectivity index (χ0) is 16.1. The molecule has 0 atom stereocenters. The molecule has 5 heteroatoms. The molecule has 0 unspecified atom stereocenters. The van der Waals surface area contributed by atoms with Crippen molar-refractivity contribution in [1.29, 1.82) is 0 Å². The molecular formula is C18H26N2O2S. The molecule has 3 rings (SSSR count). The second kappa shape index (κ2) is 7.95. The van der Waals surface area contributed by atoms with Gasteiger partial charge in [0.25, 0.3) is 5.91 Å². The van der Waals surface area contributed by atoms with Gasteiger partial charge in [-0.15, -0.1) is 11.3 Å². The first-order valence-corrected chi connectivity index (χ1v) is 9.72. The Kier molecular flexibility index (Phi) is 5.70. The van der Waals surface area contributed by atoms with Crippen molar-refractivity contribution in [3.63, 3.8) is 0 Å². The van der Waals surface area contributed by atoms with Gasteiger partial charge in [-0.1, -0.05) is 38.2 Å². The van der Waals surface area contributed by atoms with Gasteiger partial charge >= 0.3 is 0 Å². The average Bonchev–Trinajstić information content (AvgIpc) is 3.15. The third-order valence-corrected chi connectivity index (χ3v) is 6.00. The molecule has 0 aromatic carbocycles. The van der Waals surface area contributed by atoms with Gasteiger partial charge in [0.05, 0.1) is 4.88 Å². The van der Waals surface area contributed by atoms with Crippen LogP contribution in [-0.4, -0.2) is 47.8 Å². The maximum atomic E-state index is 12.4. The van der Waals surface area contributed by atoms with E-state index in [2.05, 4.69) is 0 Å². The maximum Gasteiger partial charge on any atom is 0.264 e. The molecule has 126 valence electrons. The van der Waals surface area contributed by atoms with Crippen LogP contribution in [-0.2, 0) is 4.79 Å². The minimum atomic E-state index is 0.106. The summed E-state index contributed by atoms with van der Waals surface area (Å²) >= 11 is 1.48. The number of carbonyl (C=O) groups excluding carboxylic acids is 2. The predicted octanol–water partition coefficient (Wildman–Crippen LogP) is 3.39. The summed E-state index contributed by atoms with van der Waals surface area (Å²) in [5.74, 6) is 1.14. The summed E-state index contributed by atoms with van der Waals surface area (Å²) in [5, 5.41) is 1.93. The first-order chi connectivity index (χ1) is 11.2. The fraction of sp³-hybridized carbons (Fsp3) is 0.667. The van der Waals surface area contributed by atoms with Gasteiger partial charge in [0.15, 0.2) is 0 Å². The summed E-state index contributed by atoms with van der Waals surface area (Å²) in [6.45, 7) is 2.68. The van der Waals surface area contributed by atoms with Gasteiger partial charge in [-0.3, -0.25) is 9.59 Å². The number of amides is 2. The minimum absolute atomic E-state index is 0.106. The lowest BCUT2D eigenvalue weighted by Gasteiger charge is -2.35. The van der Waals surface area contributed by atoms with Crippen molar-refractivity contribution in [2.24, 2.45) is 5.92 Å². The molecule has 2 fully saturated rings. The summed E-state index contributed by atoms with van der Waals surface area (Å²) in [6, 6.07) is 3.78. The van der Waals surface area contributed by atoms with Gasteiger partial charge < -0.3 is 9.80 Å². The Morgan fingerprint density at radius 3 is 2.39 bits per heavy atom. The number of thiophene rings is 1. The van der Waals surface area contributed by atoms with Crippen LogP contribution in [0.2, 0.25) is 0 Å². The Morgan fingerprint density at radius 2 is 1.74 bits per heavy atom. The Labute approximate surface area is 142 Å². The Balaban J connectivity index is 1.41. The molecule has 0 spiro atoms. The van der Waals surface area contributed by atoms with Crippen LogP contribution in [0, 0.1) is 5.92 Å². The third kappa shape index (κ3) is 4.34. The number of carbonyl (C=O) groups is 2. The molecule has 1 aliphatic heterocycles. The number of rotatable bonds is 4. The van der Waals surface area contributed by atoms with Crippen LogP contribution in [0.1, 0.15) is 54.6 Å². The smallest absolute Gasteiger partial charge is 0.264 e. The fourth-order valence-corrected chi connectivity index (χ4v) is 4.37. The van der Waals surface area contributed by atoms with Gasteiger partial charge in [0.2, 0.25) is 5.91 Å². The molecule has 4 nitrogen and oxygen atoms in total. The third-order valence-electron chi connectivity index (χ3n) is 5.14. The van der Waals surface area contributed by atoms with E-state index in [1.54, 1.807) is 0 Å². The summed E-state index contributed by atoms with van der Waals surface area (Å²) in [5.41, 5.74) is 0. The van der Waals surface area contributed by atoms with Crippen molar-refractivity contribution in [1.82, 2.24) is 9.80 Å². The van der Waals surface area contributed by atoms with Crippen molar-refractivity contribution in [2.75, 3.05) is 26.2 Å². The molecule has 0 N–H and O–H groups in total. The molecule has 1 saturated carbocycles. The fourth-order valence-electron chi connectivity index (χ4n) is 3.68. The molecule has 2 heterocycles. The van der Waals surface area contributed by atoms with Crippen LogP contribution in [0.4, 0.5) is 0 Å². The van der Waals surface area contributed by atoms with Crippen LogP contribution >= 0.6 is 11.3 Å². The highest BCUT2D eigenvalue weighted by atomic mass is 32.1. The van der Waals surface area contributed by atoms with Crippen molar-refractivity contribution >= 4 is 23.2 Å². The summed E-state index contributed by atoms with van der Waals surface area (Å²) in [6.07, 6.45) is 8.37. The van der Waals surface area contributed by atoms with Gasteiger partial charge in [0, 0.05) is 32.6 Å². The number of piperazine rings is 1. The van der Waals surface area contributed by atoms with E-state index in [1.165, 1.54) is 43.4 Å². The zero-order valence-electron chi connectivity index (χ0n) is 13.7. The Bertz CT molecular complexity index is 515. The number of nitrogens with zero attached hydrogens (tertiary/aromatic N) is 2. The molecule has 0 bridgehead atoms. The van der Waals surface area contributed by atoms with E-state index < -0.39 is 0 Å². The summed E-state index contributed by atoms with van der Waals surface area (Å²) in [7, 11) is 0. The van der Waals surface area contributed by atoms with Gasteiger partial charge in [-0.25, -0.2) is 0 Å². The molecule has 1 saturated heterocycles. The van der Waals surface area contributed by atoms with E-state index in [9.17, 15) is 9.59 Å². The van der Waals surface area contributed by atoms with Crippen molar-refractivity contribution in [3.8, 4) is 0 Å². The van der Waals surface area contributed by atoms with Crippen molar-refractivity contribution in [2.45, 2.75) is 44.9 Å². The average molecular weight is 334 g/mol. The van der Waals surface area contributed by atoms with Crippen LogP contribution < -0.4 is 0 Å². The van der Waals surface area contributed by atoms with Crippen LogP contribution in [0.25, 0.3) is 0 Å². The highest BCUT2D eigenvalue weighted by Crippen LogP contribution is 2.27. The van der Waals surface area contributed by atoms with E-state index >= 15 is 0 Å². The molecule has 1 aliphatic carbocycles. The molecule has 23 heavy (non-hydrogen) atoms. The molecule has 2 aliphatic rings. The minimum Gasteiger partial charge on any atom is -0.339 e. The first-order valence-electron chi connectivity index (χ1n) is 8.84. The van der Waals surface area contributed by atoms with E-state index in [-0.39, 0.29) is 11.8 Å². The van der Waals surface area contributed by atoms with E-state index in [1.807, 2.05) is 27.3 Å². The number of hydrogen-bond donors (Lipinski definition) is 0. The van der Waals surface area contributed by atoms with Gasteiger partial charge in [-0.2, -0.15) is 0 Å². The predicted molar refractivity (Wildman–Crippen MR) is 92.6 cm³/mol. The molecular weight excluding hydrogens is 308 g/mol. The molecule has 2 amide bonds. The van der Waals surface area contributed by atoms with Crippen LogP contribution in [0.5, 0.6) is 0 Å². The van der Waals surface area contributed by atoms with Gasteiger partial charge in [-0.05, 0) is 23.8 Å². The van der Waals surface area contributed by atoms with E-state index in [0.717, 1.165) is 17.2 Å². The lowest BCUT2D eigenvalue weighted by molar-refractivity contribution is -0.133. The standard InChI is InChI=1S/C18H26N2O2S/c21-17(9-8-15-5-2-1-3-6-15)19-10-12-20(13-11-19)18(22)16-7-4-14-23-16/h4,7,14-15H,1-3,5-6,8-13H2. The summed E-state index contributed by atoms with van der Waals surface area (Å²) in [4.78, 5) is 29.3. The second-order valence-electron chi connectivity index (χ2n) is 6.69. The first kappa shape index (κ1) is 16.5. The second-order valence-corrected chi connectivity index (χ2v) is 7.64. The normalized spacial score (nSPS) is 19.8. The molecule has 1 aromatic heterocycles. The van der Waals surface area contributed by atoms with Crippen LogP contribution in [0.3, 0.4) is 0 Å². The topological polar surface area (TPSA) is 40.6 Å². The Hall–Kier alpha value is -1.36. The zero-order valence-corrected chi connectivity index (χ0v) is 14.5. The highest BCUT2D eigenvalue weighted by molar-refractivity contribution is 7.12. The SMILES string of the molecule is O=C(CCC1CCCCC1)N1CCN(C(=O)c2cccs2)CC1. The quantitative estimate of drug-likeness (QED) is 0.847. The van der Waals surface area contributed by atoms with Crippen LogP contribution in [0.15, 0.2) is 17.5 Å². The Morgan fingerprint density at radius 1 is 1.04 bits per heavy atom. The lowest BCUT2D eigenvalue weighted by atomic mass is 9.86. The summed E-state index contributed by atoms with van der Waals surface area (Å²) < 4.78 is 0. The van der Waals surface area contributed by atoms with Gasteiger partial charge in [0.1, 0.15) is 0 Å². The largest absolute Gasteiger partial charge is 0.339 e. The monoisotopic (exact) mass is 334 g/mol.